The molecule has 0 fully saturated rings. The summed E-state index contributed by atoms with van der Waals surface area (Å²) in [5, 5.41) is 15.5. The van der Waals surface area contributed by atoms with Gasteiger partial charge in [-0.15, -0.1) is 18.3 Å². The van der Waals surface area contributed by atoms with Crippen molar-refractivity contribution in [1.29, 1.82) is 0 Å². The van der Waals surface area contributed by atoms with Gasteiger partial charge in [0.05, 0.1) is 16.9 Å². The Morgan fingerprint density at radius 3 is 2.48 bits per heavy atom. The average molecular weight is 588 g/mol. The van der Waals surface area contributed by atoms with Crippen LogP contribution in [0.15, 0.2) is 71.8 Å². The van der Waals surface area contributed by atoms with Crippen molar-refractivity contribution < 1.29 is 17.9 Å². The molecular formula is C27H25ClF3N7OS. The predicted octanol–water partition coefficient (Wildman–Crippen LogP) is 6.97. The lowest BCUT2D eigenvalue weighted by molar-refractivity contribution is -0.274. The summed E-state index contributed by atoms with van der Waals surface area (Å²) in [6.45, 7) is 4.21. The fraction of sp³-hybridized carbons (Fsp3) is 0.185. The van der Waals surface area contributed by atoms with Crippen LogP contribution in [0.4, 0.5) is 24.8 Å². The van der Waals surface area contributed by atoms with Gasteiger partial charge in [0.15, 0.2) is 10.9 Å². The van der Waals surface area contributed by atoms with Gasteiger partial charge in [-0.25, -0.2) is 0 Å². The molecule has 40 heavy (non-hydrogen) atoms. The summed E-state index contributed by atoms with van der Waals surface area (Å²) in [5.74, 6) is 0.733. The van der Waals surface area contributed by atoms with E-state index >= 15 is 0 Å². The standard InChI is InChI=1S/C27H25ClF3N7OS/c1-16(2)21-6-4-5-7-23(21)34-26(40)36-33-15-18-9-8-17(14-22(18)28)24-35-25(32-3)38(37-24)19-10-12-20(13-11-19)39-27(29,30)31/h4-16H,1-3H3,(H,32,35,37)(H2,34,36,40)/b33-15+. The third-order valence-electron chi connectivity index (χ3n) is 5.61. The van der Waals surface area contributed by atoms with Gasteiger partial charge >= 0.3 is 6.36 Å². The minimum Gasteiger partial charge on any atom is -0.406 e. The first kappa shape index (κ1) is 28.8. The zero-order valence-electron chi connectivity index (χ0n) is 21.6. The molecule has 0 saturated heterocycles. The third kappa shape index (κ3) is 7.27. The Balaban J connectivity index is 1.45. The molecule has 0 bridgehead atoms. The number of anilines is 2. The van der Waals surface area contributed by atoms with E-state index in [0.29, 0.717) is 44.6 Å². The van der Waals surface area contributed by atoms with Gasteiger partial charge in [-0.1, -0.05) is 55.8 Å². The van der Waals surface area contributed by atoms with E-state index in [4.69, 9.17) is 23.8 Å². The highest BCUT2D eigenvalue weighted by molar-refractivity contribution is 7.80. The lowest BCUT2D eigenvalue weighted by atomic mass is 10.0. The van der Waals surface area contributed by atoms with E-state index in [2.05, 4.69) is 49.8 Å². The van der Waals surface area contributed by atoms with Crippen LogP contribution >= 0.6 is 23.8 Å². The van der Waals surface area contributed by atoms with Crippen molar-refractivity contribution in [2.24, 2.45) is 5.10 Å². The number of benzene rings is 3. The Kier molecular flexibility index (Phi) is 8.90. The number of rotatable bonds is 8. The molecule has 0 radical (unpaired) electrons. The molecule has 4 rings (SSSR count). The molecule has 4 aromatic rings. The van der Waals surface area contributed by atoms with Crippen LogP contribution in [0.3, 0.4) is 0 Å². The molecule has 208 valence electrons. The van der Waals surface area contributed by atoms with Gasteiger partial charge in [-0.2, -0.15) is 14.8 Å². The summed E-state index contributed by atoms with van der Waals surface area (Å²) < 4.78 is 42.8. The molecule has 0 spiro atoms. The molecule has 0 aliphatic carbocycles. The zero-order valence-corrected chi connectivity index (χ0v) is 23.2. The molecule has 3 aromatic carbocycles. The normalized spacial score (nSPS) is 11.6. The summed E-state index contributed by atoms with van der Waals surface area (Å²) in [4.78, 5) is 4.47. The summed E-state index contributed by atoms with van der Waals surface area (Å²) in [5.41, 5.74) is 6.59. The van der Waals surface area contributed by atoms with Crippen LogP contribution in [0.2, 0.25) is 5.02 Å². The van der Waals surface area contributed by atoms with Crippen molar-refractivity contribution in [1.82, 2.24) is 20.2 Å². The summed E-state index contributed by atoms with van der Waals surface area (Å²) >= 11 is 11.9. The molecule has 0 aliphatic rings. The van der Waals surface area contributed by atoms with Crippen LogP contribution < -0.4 is 20.8 Å². The van der Waals surface area contributed by atoms with Crippen molar-refractivity contribution >= 4 is 46.8 Å². The molecule has 1 aromatic heterocycles. The highest BCUT2D eigenvalue weighted by atomic mass is 35.5. The van der Waals surface area contributed by atoms with E-state index in [0.717, 1.165) is 11.3 Å². The van der Waals surface area contributed by atoms with Crippen molar-refractivity contribution in [3.8, 4) is 22.8 Å². The summed E-state index contributed by atoms with van der Waals surface area (Å²) in [6.07, 6.45) is -3.23. The number of para-hydroxylation sites is 1. The SMILES string of the molecule is CNc1nc(-c2ccc(/C=N/NC(=S)Nc3ccccc3C(C)C)c(Cl)c2)nn1-c1ccc(OC(F)(F)F)cc1. The van der Waals surface area contributed by atoms with E-state index in [1.165, 1.54) is 28.9 Å². The van der Waals surface area contributed by atoms with Crippen LogP contribution in [-0.2, 0) is 0 Å². The highest BCUT2D eigenvalue weighted by Gasteiger charge is 2.31. The Bertz CT molecular complexity index is 1520. The quantitative estimate of drug-likeness (QED) is 0.116. The number of nitrogens with one attached hydrogen (secondary N) is 3. The minimum atomic E-state index is -4.77. The number of aromatic nitrogens is 3. The Labute approximate surface area is 239 Å². The van der Waals surface area contributed by atoms with Crippen molar-refractivity contribution in [3.63, 3.8) is 0 Å². The second-order valence-corrected chi connectivity index (χ2v) is 9.58. The van der Waals surface area contributed by atoms with Crippen LogP contribution in [0.25, 0.3) is 17.1 Å². The molecule has 0 amide bonds. The molecule has 0 unspecified atom stereocenters. The smallest absolute Gasteiger partial charge is 0.406 e. The third-order valence-corrected chi connectivity index (χ3v) is 6.13. The van der Waals surface area contributed by atoms with Gasteiger partial charge < -0.3 is 15.4 Å². The van der Waals surface area contributed by atoms with Gasteiger partial charge in [0.25, 0.3) is 0 Å². The summed E-state index contributed by atoms with van der Waals surface area (Å²) in [6, 6.07) is 18.4. The van der Waals surface area contributed by atoms with Crippen LogP contribution in [-0.4, -0.2) is 39.5 Å². The zero-order chi connectivity index (χ0) is 28.9. The first-order chi connectivity index (χ1) is 19.0. The lowest BCUT2D eigenvalue weighted by Gasteiger charge is -2.14. The molecule has 0 aliphatic heterocycles. The van der Waals surface area contributed by atoms with Gasteiger partial charge in [-0.3, -0.25) is 5.43 Å². The number of hydrogen-bond acceptors (Lipinski definition) is 6. The number of hydrogen-bond donors (Lipinski definition) is 3. The molecule has 1 heterocycles. The maximum atomic E-state index is 12.5. The largest absolute Gasteiger partial charge is 0.573 e. The van der Waals surface area contributed by atoms with Gasteiger partial charge in [-0.05, 0) is 60.1 Å². The molecule has 13 heteroatoms. The first-order valence-electron chi connectivity index (χ1n) is 12.0. The maximum Gasteiger partial charge on any atom is 0.573 e. The van der Waals surface area contributed by atoms with Crippen LogP contribution in [0.1, 0.15) is 30.9 Å². The molecule has 0 saturated carbocycles. The van der Waals surface area contributed by atoms with Crippen LogP contribution in [0, 0.1) is 0 Å². The molecule has 8 nitrogen and oxygen atoms in total. The number of thiocarbonyl (C=S) groups is 1. The van der Waals surface area contributed by atoms with Crippen molar-refractivity contribution in [2.45, 2.75) is 26.1 Å². The van der Waals surface area contributed by atoms with E-state index < -0.39 is 6.36 Å². The van der Waals surface area contributed by atoms with E-state index in [1.807, 2.05) is 24.3 Å². The van der Waals surface area contributed by atoms with Gasteiger partial charge in [0.1, 0.15) is 5.75 Å². The fourth-order valence-electron chi connectivity index (χ4n) is 3.76. The van der Waals surface area contributed by atoms with Crippen molar-refractivity contribution in [3.05, 3.63) is 82.9 Å². The number of hydrazone groups is 1. The molecular weight excluding hydrogens is 563 g/mol. The van der Waals surface area contributed by atoms with Gasteiger partial charge in [0, 0.05) is 23.9 Å². The monoisotopic (exact) mass is 587 g/mol. The Hall–Kier alpha value is -4.16. The number of alkyl halides is 3. The van der Waals surface area contributed by atoms with Crippen molar-refractivity contribution in [2.75, 3.05) is 17.7 Å². The van der Waals surface area contributed by atoms with Gasteiger partial charge in [0.2, 0.25) is 5.95 Å². The maximum absolute atomic E-state index is 12.5. The molecule has 0 atom stereocenters. The topological polar surface area (TPSA) is 88.4 Å². The fourth-order valence-corrected chi connectivity index (χ4v) is 4.15. The van der Waals surface area contributed by atoms with E-state index in [1.54, 1.807) is 31.5 Å². The predicted molar refractivity (Wildman–Crippen MR) is 156 cm³/mol. The average Bonchev–Trinajstić information content (AvgIpc) is 3.34. The highest BCUT2D eigenvalue weighted by Crippen LogP contribution is 2.28. The lowest BCUT2D eigenvalue weighted by Crippen LogP contribution is -2.24. The number of halogens is 4. The van der Waals surface area contributed by atoms with E-state index in [-0.39, 0.29) is 5.75 Å². The molecule has 3 N–H and O–H groups in total. The Morgan fingerprint density at radius 2 is 1.82 bits per heavy atom. The Morgan fingerprint density at radius 1 is 1.10 bits per heavy atom. The first-order valence-corrected chi connectivity index (χ1v) is 12.8. The van der Waals surface area contributed by atoms with E-state index in [9.17, 15) is 13.2 Å². The summed E-state index contributed by atoms with van der Waals surface area (Å²) in [7, 11) is 1.66. The minimum absolute atomic E-state index is 0.329. The van der Waals surface area contributed by atoms with Crippen LogP contribution in [0.5, 0.6) is 5.75 Å². The second-order valence-electron chi connectivity index (χ2n) is 8.76. The number of nitrogens with zero attached hydrogens (tertiary/aromatic N) is 4. The second kappa shape index (κ2) is 12.3. The number of ether oxygens (including phenoxy) is 1.